The van der Waals surface area contributed by atoms with Crippen molar-refractivity contribution in [2.24, 2.45) is 5.92 Å². The average Bonchev–Trinajstić information content (AvgIpc) is 2.01. The first-order chi connectivity index (χ1) is 6.08. The highest BCUT2D eigenvalue weighted by atomic mass is 16.3. The topological polar surface area (TPSA) is 23.5 Å². The highest BCUT2D eigenvalue weighted by molar-refractivity contribution is 4.97. The summed E-state index contributed by atoms with van der Waals surface area (Å²) < 4.78 is 0. The third-order valence-corrected chi connectivity index (χ3v) is 3.15. The Bertz CT molecular complexity index is 150. The van der Waals surface area contributed by atoms with Crippen LogP contribution < -0.4 is 0 Å². The third kappa shape index (κ3) is 2.68. The fraction of sp³-hybridized carbons (Fsp3) is 1.00. The van der Waals surface area contributed by atoms with E-state index in [0.717, 1.165) is 13.1 Å². The quantitative estimate of drug-likeness (QED) is 0.661. The van der Waals surface area contributed by atoms with E-state index in [-0.39, 0.29) is 5.60 Å². The average molecular weight is 185 g/mol. The Morgan fingerprint density at radius 1 is 1.31 bits per heavy atom. The summed E-state index contributed by atoms with van der Waals surface area (Å²) >= 11 is 0. The fourth-order valence-corrected chi connectivity index (χ4v) is 1.84. The normalized spacial score (nSPS) is 21.9. The molecule has 1 aliphatic heterocycles. The molecule has 0 aromatic heterocycles. The first-order valence-electron chi connectivity index (χ1n) is 5.53. The zero-order valence-corrected chi connectivity index (χ0v) is 9.21. The van der Waals surface area contributed by atoms with Gasteiger partial charge in [-0.05, 0) is 18.9 Å². The van der Waals surface area contributed by atoms with Gasteiger partial charge in [-0.1, -0.05) is 33.6 Å². The number of rotatable bonds is 5. The van der Waals surface area contributed by atoms with Crippen molar-refractivity contribution >= 4 is 0 Å². The van der Waals surface area contributed by atoms with E-state index in [0.29, 0.717) is 5.92 Å². The maximum Gasteiger partial charge on any atom is 0.0922 e. The van der Waals surface area contributed by atoms with Crippen molar-refractivity contribution in [2.75, 3.05) is 19.6 Å². The smallest absolute Gasteiger partial charge is 0.0922 e. The molecule has 0 radical (unpaired) electrons. The fourth-order valence-electron chi connectivity index (χ4n) is 1.84. The van der Waals surface area contributed by atoms with Gasteiger partial charge in [0.2, 0.25) is 0 Å². The molecule has 0 aliphatic carbocycles. The Morgan fingerprint density at radius 2 is 1.92 bits per heavy atom. The maximum absolute atomic E-state index is 9.97. The molecular weight excluding hydrogens is 162 g/mol. The molecule has 1 fully saturated rings. The summed E-state index contributed by atoms with van der Waals surface area (Å²) in [6.07, 6.45) is 3.88. The summed E-state index contributed by atoms with van der Waals surface area (Å²) in [4.78, 5) is 2.36. The Balaban J connectivity index is 2.10. The van der Waals surface area contributed by atoms with Gasteiger partial charge in [-0.15, -0.1) is 0 Å². The Morgan fingerprint density at radius 3 is 2.38 bits per heavy atom. The molecule has 2 heteroatoms. The van der Waals surface area contributed by atoms with Crippen LogP contribution in [0.4, 0.5) is 0 Å². The molecule has 0 saturated carbocycles. The van der Waals surface area contributed by atoms with E-state index in [4.69, 9.17) is 0 Å². The second-order valence-corrected chi connectivity index (χ2v) is 4.68. The van der Waals surface area contributed by atoms with Crippen LogP contribution in [-0.4, -0.2) is 35.2 Å². The van der Waals surface area contributed by atoms with E-state index < -0.39 is 0 Å². The molecule has 1 aliphatic rings. The molecule has 0 aromatic rings. The second-order valence-electron chi connectivity index (χ2n) is 4.68. The minimum atomic E-state index is -0.383. The minimum Gasteiger partial charge on any atom is -0.387 e. The van der Waals surface area contributed by atoms with Crippen molar-refractivity contribution in [3.63, 3.8) is 0 Å². The molecule has 0 aromatic carbocycles. The summed E-state index contributed by atoms with van der Waals surface area (Å²) in [6, 6.07) is 0. The van der Waals surface area contributed by atoms with Crippen LogP contribution in [0, 0.1) is 5.92 Å². The van der Waals surface area contributed by atoms with Crippen LogP contribution in [0.15, 0.2) is 0 Å². The van der Waals surface area contributed by atoms with Crippen molar-refractivity contribution in [1.29, 1.82) is 0 Å². The van der Waals surface area contributed by atoms with Gasteiger partial charge < -0.3 is 5.11 Å². The third-order valence-electron chi connectivity index (χ3n) is 3.15. The van der Waals surface area contributed by atoms with Crippen molar-refractivity contribution in [1.82, 2.24) is 4.90 Å². The Labute approximate surface area is 81.9 Å². The van der Waals surface area contributed by atoms with Crippen LogP contribution in [-0.2, 0) is 0 Å². The second kappa shape index (κ2) is 4.43. The van der Waals surface area contributed by atoms with Gasteiger partial charge >= 0.3 is 0 Å². The lowest BCUT2D eigenvalue weighted by molar-refractivity contribution is -0.127. The Kier molecular flexibility index (Phi) is 3.74. The van der Waals surface area contributed by atoms with Gasteiger partial charge in [-0.25, -0.2) is 0 Å². The molecule has 1 saturated heterocycles. The van der Waals surface area contributed by atoms with E-state index >= 15 is 0 Å². The summed E-state index contributed by atoms with van der Waals surface area (Å²) in [7, 11) is 0. The SMILES string of the molecule is CCCCCN1CC(O)(C(C)C)C1. The lowest BCUT2D eigenvalue weighted by atomic mass is 9.83. The molecule has 0 amide bonds. The predicted octanol–water partition coefficient (Wildman–Crippen LogP) is 1.88. The monoisotopic (exact) mass is 185 g/mol. The molecular formula is C11H23NO. The first kappa shape index (κ1) is 11.0. The van der Waals surface area contributed by atoms with Crippen molar-refractivity contribution in [2.45, 2.75) is 45.6 Å². The zero-order chi connectivity index (χ0) is 9.90. The number of nitrogens with zero attached hydrogens (tertiary/aromatic N) is 1. The van der Waals surface area contributed by atoms with Crippen LogP contribution in [0.3, 0.4) is 0 Å². The van der Waals surface area contributed by atoms with Crippen molar-refractivity contribution < 1.29 is 5.11 Å². The van der Waals surface area contributed by atoms with Crippen molar-refractivity contribution in [3.05, 3.63) is 0 Å². The molecule has 0 bridgehead atoms. The molecule has 1 rings (SSSR count). The number of hydrogen-bond acceptors (Lipinski definition) is 2. The summed E-state index contributed by atoms with van der Waals surface area (Å²) in [5.41, 5.74) is -0.383. The number of aliphatic hydroxyl groups is 1. The number of hydrogen-bond donors (Lipinski definition) is 1. The zero-order valence-electron chi connectivity index (χ0n) is 9.21. The standard InChI is InChI=1S/C11H23NO/c1-4-5-6-7-12-8-11(13,9-12)10(2)3/h10,13H,4-9H2,1-3H3. The van der Waals surface area contributed by atoms with Crippen LogP contribution in [0.2, 0.25) is 0 Å². The van der Waals surface area contributed by atoms with Crippen LogP contribution in [0.1, 0.15) is 40.0 Å². The summed E-state index contributed by atoms with van der Waals surface area (Å²) in [5, 5.41) is 9.97. The van der Waals surface area contributed by atoms with Gasteiger partial charge in [-0.3, -0.25) is 4.90 Å². The Hall–Kier alpha value is -0.0800. The lowest BCUT2D eigenvalue weighted by Gasteiger charge is -2.49. The number of unbranched alkanes of at least 4 members (excludes halogenated alkanes) is 2. The molecule has 1 heterocycles. The predicted molar refractivity (Wildman–Crippen MR) is 55.8 cm³/mol. The molecule has 0 atom stereocenters. The van der Waals surface area contributed by atoms with Gasteiger partial charge in [0.05, 0.1) is 5.60 Å². The highest BCUT2D eigenvalue weighted by Gasteiger charge is 2.42. The lowest BCUT2D eigenvalue weighted by Crippen LogP contribution is -2.64. The van der Waals surface area contributed by atoms with Gasteiger partial charge in [0, 0.05) is 13.1 Å². The van der Waals surface area contributed by atoms with E-state index in [9.17, 15) is 5.11 Å². The molecule has 78 valence electrons. The molecule has 0 spiro atoms. The summed E-state index contributed by atoms with van der Waals surface area (Å²) in [6.45, 7) is 9.36. The molecule has 0 unspecified atom stereocenters. The molecule has 1 N–H and O–H groups in total. The highest BCUT2D eigenvalue weighted by Crippen LogP contribution is 2.28. The number of likely N-dealkylation sites (tertiary alicyclic amines) is 1. The molecule has 13 heavy (non-hydrogen) atoms. The largest absolute Gasteiger partial charge is 0.387 e. The van der Waals surface area contributed by atoms with Crippen LogP contribution in [0.5, 0.6) is 0 Å². The van der Waals surface area contributed by atoms with E-state index in [2.05, 4.69) is 25.7 Å². The van der Waals surface area contributed by atoms with Crippen molar-refractivity contribution in [3.8, 4) is 0 Å². The van der Waals surface area contributed by atoms with E-state index in [1.54, 1.807) is 0 Å². The van der Waals surface area contributed by atoms with E-state index in [1.807, 2.05) is 0 Å². The van der Waals surface area contributed by atoms with Gasteiger partial charge in [0.15, 0.2) is 0 Å². The van der Waals surface area contributed by atoms with Gasteiger partial charge in [0.1, 0.15) is 0 Å². The van der Waals surface area contributed by atoms with E-state index in [1.165, 1.54) is 25.8 Å². The van der Waals surface area contributed by atoms with Crippen LogP contribution >= 0.6 is 0 Å². The first-order valence-corrected chi connectivity index (χ1v) is 5.53. The van der Waals surface area contributed by atoms with Gasteiger partial charge in [-0.2, -0.15) is 0 Å². The maximum atomic E-state index is 9.97. The summed E-state index contributed by atoms with van der Waals surface area (Å²) in [5.74, 6) is 0.398. The van der Waals surface area contributed by atoms with Gasteiger partial charge in [0.25, 0.3) is 0 Å². The minimum absolute atomic E-state index is 0.383. The van der Waals surface area contributed by atoms with Crippen LogP contribution in [0.25, 0.3) is 0 Å². The molecule has 2 nitrogen and oxygen atoms in total. The number of β-amino-alcohol motifs (C(OH)–C–C–N with tert-alkyl or cyclic N) is 1.